The third-order valence-corrected chi connectivity index (χ3v) is 7.21. The number of amides is 2. The van der Waals surface area contributed by atoms with Crippen molar-refractivity contribution in [1.82, 2.24) is 20.3 Å². The molecule has 0 unspecified atom stereocenters. The number of aromatic nitrogens is 1. The van der Waals surface area contributed by atoms with Gasteiger partial charge in [0.15, 0.2) is 0 Å². The van der Waals surface area contributed by atoms with E-state index in [-0.39, 0.29) is 35.1 Å². The second-order valence-electron chi connectivity index (χ2n) is 8.23. The lowest BCUT2D eigenvalue weighted by molar-refractivity contribution is -0.129. The number of nitrogens with one attached hydrogen (secondary N) is 3. The van der Waals surface area contributed by atoms with Gasteiger partial charge in [-0.05, 0) is 68.4 Å². The number of carbonyl (C=O) groups excluding carboxylic acids is 2. The highest BCUT2D eigenvalue weighted by Crippen LogP contribution is 2.28. The average Bonchev–Trinajstić information content (AvgIpc) is 2.81. The highest BCUT2D eigenvalue weighted by Gasteiger charge is 2.27. The summed E-state index contributed by atoms with van der Waals surface area (Å²) in [4.78, 5) is 28.6. The summed E-state index contributed by atoms with van der Waals surface area (Å²) < 4.78 is 27.6. The van der Waals surface area contributed by atoms with E-state index in [0.29, 0.717) is 25.9 Å². The molecule has 2 amide bonds. The minimum Gasteiger partial charge on any atom is -0.350 e. The first-order valence-corrected chi connectivity index (χ1v) is 12.3. The predicted molar refractivity (Wildman–Crippen MR) is 121 cm³/mol. The van der Waals surface area contributed by atoms with E-state index < -0.39 is 10.0 Å². The van der Waals surface area contributed by atoms with Crippen LogP contribution < -0.4 is 15.4 Å². The number of hydrogen-bond donors (Lipinski definition) is 3. The summed E-state index contributed by atoms with van der Waals surface area (Å²) in [6.45, 7) is 2.61. The van der Waals surface area contributed by atoms with E-state index in [1.54, 1.807) is 36.7 Å². The van der Waals surface area contributed by atoms with Gasteiger partial charge in [-0.25, -0.2) is 13.1 Å². The predicted octanol–water partition coefficient (Wildman–Crippen LogP) is 1.91. The SMILES string of the molecule is Cc1ccc(S(=O)(=O)NCC2CCC(C(=O)NCC(=O)NCc3ccncc3)CC2)cc1. The standard InChI is InChI=1S/C23H30N4O4S/c1-17-2-8-21(9-3-17)32(30,31)27-15-18-4-6-20(7-5-18)23(29)26-16-22(28)25-14-19-10-12-24-13-11-19/h2-3,8-13,18,20,27H,4-7,14-16H2,1H3,(H,25,28)(H,26,29). The maximum atomic E-state index is 12.4. The molecular weight excluding hydrogens is 428 g/mol. The lowest BCUT2D eigenvalue weighted by atomic mass is 9.81. The van der Waals surface area contributed by atoms with E-state index >= 15 is 0 Å². The molecule has 2 aromatic rings. The van der Waals surface area contributed by atoms with Crippen molar-refractivity contribution in [2.24, 2.45) is 11.8 Å². The van der Waals surface area contributed by atoms with Crippen molar-refractivity contribution in [2.45, 2.75) is 44.0 Å². The van der Waals surface area contributed by atoms with Crippen LogP contribution in [-0.2, 0) is 26.2 Å². The molecule has 8 nitrogen and oxygen atoms in total. The molecule has 1 saturated carbocycles. The second-order valence-corrected chi connectivity index (χ2v) is 10.00. The van der Waals surface area contributed by atoms with Gasteiger partial charge in [-0.2, -0.15) is 0 Å². The molecule has 0 spiro atoms. The van der Waals surface area contributed by atoms with Crippen LogP contribution in [0, 0.1) is 18.8 Å². The number of benzene rings is 1. The Kier molecular flexibility index (Phi) is 8.35. The Hall–Kier alpha value is -2.78. The molecule has 0 bridgehead atoms. The van der Waals surface area contributed by atoms with Crippen molar-refractivity contribution in [2.75, 3.05) is 13.1 Å². The molecule has 0 saturated heterocycles. The van der Waals surface area contributed by atoms with E-state index in [2.05, 4.69) is 20.3 Å². The molecule has 1 aromatic carbocycles. The summed E-state index contributed by atoms with van der Waals surface area (Å²) in [7, 11) is -3.53. The zero-order valence-electron chi connectivity index (χ0n) is 18.2. The van der Waals surface area contributed by atoms with Crippen LogP contribution in [0.1, 0.15) is 36.8 Å². The Morgan fingerprint density at radius 2 is 1.62 bits per heavy atom. The fourth-order valence-electron chi connectivity index (χ4n) is 3.73. The maximum absolute atomic E-state index is 12.4. The molecule has 0 atom stereocenters. The minimum atomic E-state index is -3.53. The van der Waals surface area contributed by atoms with Gasteiger partial charge in [0.1, 0.15) is 0 Å². The third-order valence-electron chi connectivity index (χ3n) is 5.77. The van der Waals surface area contributed by atoms with Crippen LogP contribution in [-0.4, -0.2) is 38.3 Å². The van der Waals surface area contributed by atoms with Crippen molar-refractivity contribution in [3.05, 3.63) is 59.9 Å². The lowest BCUT2D eigenvalue weighted by Gasteiger charge is -2.27. The number of pyridine rings is 1. The molecule has 1 fully saturated rings. The summed E-state index contributed by atoms with van der Waals surface area (Å²) in [5.74, 6) is -0.312. The van der Waals surface area contributed by atoms with Gasteiger partial charge in [-0.1, -0.05) is 17.7 Å². The molecule has 172 valence electrons. The Balaban J connectivity index is 1.35. The average molecular weight is 459 g/mol. The van der Waals surface area contributed by atoms with Crippen LogP contribution >= 0.6 is 0 Å². The van der Waals surface area contributed by atoms with Gasteiger partial charge < -0.3 is 10.6 Å². The first-order chi connectivity index (χ1) is 15.3. The van der Waals surface area contributed by atoms with Crippen LogP contribution in [0.5, 0.6) is 0 Å². The van der Waals surface area contributed by atoms with Gasteiger partial charge in [-0.15, -0.1) is 0 Å². The first-order valence-electron chi connectivity index (χ1n) is 10.8. The third kappa shape index (κ3) is 7.13. The van der Waals surface area contributed by atoms with E-state index in [0.717, 1.165) is 24.0 Å². The summed E-state index contributed by atoms with van der Waals surface area (Å²) >= 11 is 0. The Morgan fingerprint density at radius 1 is 0.969 bits per heavy atom. The van der Waals surface area contributed by atoms with E-state index in [4.69, 9.17) is 0 Å². The number of rotatable bonds is 9. The fourth-order valence-corrected chi connectivity index (χ4v) is 4.85. The largest absolute Gasteiger partial charge is 0.350 e. The van der Waals surface area contributed by atoms with Crippen molar-refractivity contribution in [1.29, 1.82) is 0 Å². The zero-order chi connectivity index (χ0) is 23.0. The Morgan fingerprint density at radius 3 is 2.28 bits per heavy atom. The monoisotopic (exact) mass is 458 g/mol. The molecule has 1 aliphatic rings. The normalized spacial score (nSPS) is 18.7. The fraction of sp³-hybridized carbons (Fsp3) is 0.435. The van der Waals surface area contributed by atoms with Crippen LogP contribution in [0.4, 0.5) is 0 Å². The van der Waals surface area contributed by atoms with Gasteiger partial charge >= 0.3 is 0 Å². The number of carbonyl (C=O) groups is 2. The van der Waals surface area contributed by atoms with Gasteiger partial charge in [0.25, 0.3) is 0 Å². The molecule has 0 radical (unpaired) electrons. The van der Waals surface area contributed by atoms with Gasteiger partial charge in [-0.3, -0.25) is 14.6 Å². The van der Waals surface area contributed by atoms with Crippen molar-refractivity contribution >= 4 is 21.8 Å². The second kappa shape index (κ2) is 11.2. The number of sulfonamides is 1. The van der Waals surface area contributed by atoms with Crippen molar-refractivity contribution < 1.29 is 18.0 Å². The molecule has 9 heteroatoms. The zero-order valence-corrected chi connectivity index (χ0v) is 19.0. The summed E-state index contributed by atoms with van der Waals surface area (Å²) in [5, 5.41) is 5.48. The molecule has 0 aliphatic heterocycles. The molecule has 1 aromatic heterocycles. The van der Waals surface area contributed by atoms with E-state index in [9.17, 15) is 18.0 Å². The summed E-state index contributed by atoms with van der Waals surface area (Å²) in [6, 6.07) is 10.4. The molecule has 1 aliphatic carbocycles. The smallest absolute Gasteiger partial charge is 0.240 e. The van der Waals surface area contributed by atoms with Crippen molar-refractivity contribution in [3.8, 4) is 0 Å². The molecule has 32 heavy (non-hydrogen) atoms. The number of aryl methyl sites for hydroxylation is 1. The first kappa shape index (κ1) is 23.9. The van der Waals surface area contributed by atoms with Crippen LogP contribution in [0.2, 0.25) is 0 Å². The quantitative estimate of drug-likeness (QED) is 0.531. The highest BCUT2D eigenvalue weighted by atomic mass is 32.2. The van der Waals surface area contributed by atoms with Crippen LogP contribution in [0.25, 0.3) is 0 Å². The Labute approximate surface area is 189 Å². The van der Waals surface area contributed by atoms with E-state index in [1.165, 1.54) is 0 Å². The molecular formula is C23H30N4O4S. The maximum Gasteiger partial charge on any atom is 0.240 e. The number of nitrogens with zero attached hydrogens (tertiary/aromatic N) is 1. The summed E-state index contributed by atoms with van der Waals surface area (Å²) in [6.07, 6.45) is 6.22. The number of hydrogen-bond acceptors (Lipinski definition) is 5. The van der Waals surface area contributed by atoms with Crippen LogP contribution in [0.15, 0.2) is 53.7 Å². The lowest BCUT2D eigenvalue weighted by Crippen LogP contribution is -2.41. The molecule has 3 N–H and O–H groups in total. The Bertz CT molecular complexity index is 1000. The molecule has 3 rings (SSSR count). The summed E-state index contributed by atoms with van der Waals surface area (Å²) in [5.41, 5.74) is 1.95. The van der Waals surface area contributed by atoms with Gasteiger partial charge in [0.05, 0.1) is 11.4 Å². The van der Waals surface area contributed by atoms with Gasteiger partial charge in [0, 0.05) is 31.4 Å². The van der Waals surface area contributed by atoms with Gasteiger partial charge in [0.2, 0.25) is 21.8 Å². The molecule has 1 heterocycles. The van der Waals surface area contributed by atoms with Crippen molar-refractivity contribution in [3.63, 3.8) is 0 Å². The highest BCUT2D eigenvalue weighted by molar-refractivity contribution is 7.89. The minimum absolute atomic E-state index is 0.0554. The topological polar surface area (TPSA) is 117 Å². The van der Waals surface area contributed by atoms with Crippen LogP contribution in [0.3, 0.4) is 0 Å². The van der Waals surface area contributed by atoms with E-state index in [1.807, 2.05) is 19.1 Å².